The maximum absolute atomic E-state index is 12.2. The molecule has 146 valence electrons. The van der Waals surface area contributed by atoms with Crippen molar-refractivity contribution in [3.8, 4) is 5.75 Å². The second-order valence-corrected chi connectivity index (χ2v) is 7.40. The van der Waals surface area contributed by atoms with Crippen LogP contribution in [0.4, 0.5) is 0 Å². The molecule has 0 radical (unpaired) electrons. The van der Waals surface area contributed by atoms with Gasteiger partial charge in [-0.25, -0.2) is 10.2 Å². The van der Waals surface area contributed by atoms with Crippen LogP contribution in [-0.2, 0) is 4.79 Å². The van der Waals surface area contributed by atoms with Crippen molar-refractivity contribution in [3.05, 3.63) is 92.8 Å². The SMILES string of the molecule is O=C(C=Cc1ccco1)Oc1ccc(Br)cc1C=NNC(=O)c1ccccc1Br. The number of hydrazone groups is 1. The summed E-state index contributed by atoms with van der Waals surface area (Å²) >= 11 is 6.69. The van der Waals surface area contributed by atoms with Gasteiger partial charge < -0.3 is 9.15 Å². The number of amides is 1. The molecule has 1 heterocycles. The average molecular weight is 518 g/mol. The third kappa shape index (κ3) is 6.00. The van der Waals surface area contributed by atoms with E-state index in [0.29, 0.717) is 27.1 Å². The molecule has 8 heteroatoms. The zero-order valence-electron chi connectivity index (χ0n) is 14.8. The van der Waals surface area contributed by atoms with Crippen molar-refractivity contribution in [2.75, 3.05) is 0 Å². The monoisotopic (exact) mass is 516 g/mol. The largest absolute Gasteiger partial charge is 0.465 e. The smallest absolute Gasteiger partial charge is 0.336 e. The Hall–Kier alpha value is -2.97. The van der Waals surface area contributed by atoms with E-state index in [1.165, 1.54) is 24.6 Å². The first-order valence-electron chi connectivity index (χ1n) is 8.34. The maximum Gasteiger partial charge on any atom is 0.336 e. The Labute approximate surface area is 183 Å². The first kappa shape index (κ1) is 20.8. The van der Waals surface area contributed by atoms with Crippen LogP contribution in [0.1, 0.15) is 21.7 Å². The molecule has 2 aromatic carbocycles. The second kappa shape index (κ2) is 9.99. The van der Waals surface area contributed by atoms with Crippen molar-refractivity contribution in [2.24, 2.45) is 5.10 Å². The van der Waals surface area contributed by atoms with E-state index in [1.54, 1.807) is 48.5 Å². The van der Waals surface area contributed by atoms with Crippen LogP contribution in [-0.4, -0.2) is 18.1 Å². The molecule has 3 rings (SSSR count). The number of carbonyl (C=O) groups is 2. The zero-order chi connectivity index (χ0) is 20.6. The van der Waals surface area contributed by atoms with E-state index in [0.717, 1.165) is 4.47 Å². The third-order valence-corrected chi connectivity index (χ3v) is 4.78. The molecule has 0 bridgehead atoms. The summed E-state index contributed by atoms with van der Waals surface area (Å²) in [5.41, 5.74) is 3.41. The van der Waals surface area contributed by atoms with Gasteiger partial charge in [0.25, 0.3) is 5.91 Å². The molecule has 29 heavy (non-hydrogen) atoms. The zero-order valence-corrected chi connectivity index (χ0v) is 18.0. The van der Waals surface area contributed by atoms with Gasteiger partial charge in [0.2, 0.25) is 0 Å². The number of esters is 1. The van der Waals surface area contributed by atoms with Gasteiger partial charge in [-0.1, -0.05) is 28.1 Å². The molecule has 1 amide bonds. The molecule has 6 nitrogen and oxygen atoms in total. The Kier molecular flexibility index (Phi) is 7.15. The molecule has 3 aromatic rings. The molecule has 0 saturated carbocycles. The molecule has 0 fully saturated rings. The van der Waals surface area contributed by atoms with Gasteiger partial charge in [0.1, 0.15) is 11.5 Å². The number of ether oxygens (including phenoxy) is 1. The highest BCUT2D eigenvalue weighted by Crippen LogP contribution is 2.22. The summed E-state index contributed by atoms with van der Waals surface area (Å²) in [6.07, 6.45) is 5.68. The molecule has 0 aliphatic carbocycles. The van der Waals surface area contributed by atoms with E-state index in [9.17, 15) is 9.59 Å². The van der Waals surface area contributed by atoms with Gasteiger partial charge in [-0.15, -0.1) is 0 Å². The molecular formula is C21H14Br2N2O4. The minimum atomic E-state index is -0.573. The van der Waals surface area contributed by atoms with Crippen LogP contribution >= 0.6 is 31.9 Å². The molecule has 0 saturated heterocycles. The molecule has 0 atom stereocenters. The van der Waals surface area contributed by atoms with Crippen molar-refractivity contribution in [2.45, 2.75) is 0 Å². The molecular weight excluding hydrogens is 504 g/mol. The lowest BCUT2D eigenvalue weighted by atomic mass is 10.2. The highest BCUT2D eigenvalue weighted by atomic mass is 79.9. The van der Waals surface area contributed by atoms with E-state index in [-0.39, 0.29) is 5.91 Å². The number of hydrogen-bond acceptors (Lipinski definition) is 5. The fraction of sp³-hybridized carbons (Fsp3) is 0. The summed E-state index contributed by atoms with van der Waals surface area (Å²) in [4.78, 5) is 24.3. The van der Waals surface area contributed by atoms with Crippen LogP contribution in [0.3, 0.4) is 0 Å². The summed E-state index contributed by atoms with van der Waals surface area (Å²) < 4.78 is 11.9. The van der Waals surface area contributed by atoms with Crippen LogP contribution in [0.5, 0.6) is 5.75 Å². The number of nitrogens with one attached hydrogen (secondary N) is 1. The molecule has 0 aliphatic heterocycles. The van der Waals surface area contributed by atoms with Crippen molar-refractivity contribution in [1.82, 2.24) is 5.43 Å². The summed E-state index contributed by atoms with van der Waals surface area (Å²) in [6.45, 7) is 0. The Morgan fingerprint density at radius 1 is 1.07 bits per heavy atom. The van der Waals surface area contributed by atoms with Crippen molar-refractivity contribution >= 4 is 56.0 Å². The average Bonchev–Trinajstić information content (AvgIpc) is 3.22. The van der Waals surface area contributed by atoms with Gasteiger partial charge >= 0.3 is 5.97 Å². The fourth-order valence-electron chi connectivity index (χ4n) is 2.26. The number of benzene rings is 2. The van der Waals surface area contributed by atoms with Gasteiger partial charge in [-0.2, -0.15) is 5.10 Å². The van der Waals surface area contributed by atoms with Gasteiger partial charge in [0.15, 0.2) is 0 Å². The van der Waals surface area contributed by atoms with E-state index < -0.39 is 5.97 Å². The summed E-state index contributed by atoms with van der Waals surface area (Å²) in [5, 5.41) is 3.96. The summed E-state index contributed by atoms with van der Waals surface area (Å²) in [5.74, 6) is -0.116. The molecule has 1 aromatic heterocycles. The van der Waals surface area contributed by atoms with Crippen molar-refractivity contribution < 1.29 is 18.7 Å². The predicted molar refractivity (Wildman–Crippen MR) is 117 cm³/mol. The Morgan fingerprint density at radius 3 is 2.66 bits per heavy atom. The lowest BCUT2D eigenvalue weighted by molar-refractivity contribution is -0.128. The van der Waals surface area contributed by atoms with Crippen molar-refractivity contribution in [1.29, 1.82) is 0 Å². The van der Waals surface area contributed by atoms with Gasteiger partial charge in [0.05, 0.1) is 18.0 Å². The van der Waals surface area contributed by atoms with Gasteiger partial charge in [-0.05, 0) is 64.5 Å². The number of rotatable bonds is 6. The van der Waals surface area contributed by atoms with Crippen molar-refractivity contribution in [3.63, 3.8) is 0 Å². The molecule has 0 unspecified atom stereocenters. The number of furan rings is 1. The van der Waals surface area contributed by atoms with Crippen LogP contribution in [0.2, 0.25) is 0 Å². The number of halogens is 2. The highest BCUT2D eigenvalue weighted by molar-refractivity contribution is 9.10. The third-order valence-electron chi connectivity index (χ3n) is 3.60. The Morgan fingerprint density at radius 2 is 1.90 bits per heavy atom. The second-order valence-electron chi connectivity index (χ2n) is 5.63. The van der Waals surface area contributed by atoms with Gasteiger partial charge in [0, 0.05) is 20.6 Å². The van der Waals surface area contributed by atoms with E-state index >= 15 is 0 Å². The van der Waals surface area contributed by atoms with Crippen LogP contribution in [0.25, 0.3) is 6.08 Å². The van der Waals surface area contributed by atoms with Gasteiger partial charge in [-0.3, -0.25) is 4.79 Å². The quantitative estimate of drug-likeness (QED) is 0.160. The molecule has 1 N–H and O–H groups in total. The van der Waals surface area contributed by atoms with E-state index in [4.69, 9.17) is 9.15 Å². The fourth-order valence-corrected chi connectivity index (χ4v) is 3.10. The molecule has 0 aliphatic rings. The summed E-state index contributed by atoms with van der Waals surface area (Å²) in [7, 11) is 0. The Balaban J connectivity index is 1.69. The topological polar surface area (TPSA) is 80.9 Å². The molecule has 0 spiro atoms. The number of carbonyl (C=O) groups excluding carboxylic acids is 2. The highest BCUT2D eigenvalue weighted by Gasteiger charge is 2.09. The lowest BCUT2D eigenvalue weighted by Gasteiger charge is -2.06. The van der Waals surface area contributed by atoms with E-state index in [2.05, 4.69) is 42.4 Å². The van der Waals surface area contributed by atoms with Crippen LogP contribution in [0.15, 0.2) is 85.4 Å². The normalized spacial score (nSPS) is 11.1. The standard InChI is InChI=1S/C21H14Br2N2O4/c22-15-7-9-19(29-20(26)10-8-16-4-3-11-28-16)14(12-15)13-24-25-21(27)17-5-1-2-6-18(17)23/h1-13H,(H,25,27). The summed E-state index contributed by atoms with van der Waals surface area (Å²) in [6, 6.07) is 15.5. The van der Waals surface area contributed by atoms with E-state index in [1.807, 2.05) is 6.07 Å². The minimum Gasteiger partial charge on any atom is -0.465 e. The number of nitrogens with zero attached hydrogens (tertiary/aromatic N) is 1. The first-order valence-corrected chi connectivity index (χ1v) is 9.92. The Bertz CT molecular complexity index is 1080. The predicted octanol–water partition coefficient (Wildman–Crippen LogP) is 5.19. The van der Waals surface area contributed by atoms with Crippen LogP contribution in [0, 0.1) is 0 Å². The number of hydrogen-bond donors (Lipinski definition) is 1. The lowest BCUT2D eigenvalue weighted by Crippen LogP contribution is -2.18. The first-order chi connectivity index (χ1) is 14.0. The maximum atomic E-state index is 12.2. The minimum absolute atomic E-state index is 0.293. The van der Waals surface area contributed by atoms with Crippen LogP contribution < -0.4 is 10.2 Å².